The van der Waals surface area contributed by atoms with Crippen LogP contribution in [0.5, 0.6) is 0 Å². The summed E-state index contributed by atoms with van der Waals surface area (Å²) in [5.41, 5.74) is -0.214. The maximum atomic E-state index is 12.5. The van der Waals surface area contributed by atoms with Crippen molar-refractivity contribution in [3.05, 3.63) is 30.3 Å². The predicted molar refractivity (Wildman–Crippen MR) is 68.3 cm³/mol. The van der Waals surface area contributed by atoms with E-state index in [1.807, 2.05) is 13.0 Å². The van der Waals surface area contributed by atoms with E-state index in [-0.39, 0.29) is 5.54 Å². The zero-order valence-corrected chi connectivity index (χ0v) is 11.2. The molecule has 2 rings (SSSR count). The molecule has 0 N–H and O–H groups in total. The lowest BCUT2D eigenvalue weighted by Crippen LogP contribution is -2.44. The summed E-state index contributed by atoms with van der Waals surface area (Å²) in [7, 11) is -3.33. The fourth-order valence-corrected chi connectivity index (χ4v) is 4.41. The summed E-state index contributed by atoms with van der Waals surface area (Å²) in [6.45, 7) is 4.74. The van der Waals surface area contributed by atoms with Gasteiger partial charge in [0.1, 0.15) is 0 Å². The van der Waals surface area contributed by atoms with Crippen molar-refractivity contribution in [3.8, 4) is 0 Å². The summed E-state index contributed by atoms with van der Waals surface area (Å²) >= 11 is 0. The Labute approximate surface area is 104 Å². The lowest BCUT2D eigenvalue weighted by Gasteiger charge is -2.33. The monoisotopic (exact) mass is 253 g/mol. The number of benzene rings is 1. The molecule has 1 aliphatic heterocycles. The number of hydrogen-bond acceptors (Lipinski definition) is 2. The van der Waals surface area contributed by atoms with Gasteiger partial charge in [-0.05, 0) is 38.3 Å². The van der Waals surface area contributed by atoms with Crippen LogP contribution in [0.3, 0.4) is 0 Å². The molecule has 0 bridgehead atoms. The highest BCUT2D eigenvalue weighted by atomic mass is 32.2. The smallest absolute Gasteiger partial charge is 0.207 e. The van der Waals surface area contributed by atoms with Crippen LogP contribution in [0.25, 0.3) is 0 Å². The van der Waals surface area contributed by atoms with Crippen molar-refractivity contribution in [2.75, 3.05) is 6.54 Å². The topological polar surface area (TPSA) is 37.4 Å². The van der Waals surface area contributed by atoms with E-state index in [1.165, 1.54) is 0 Å². The SMILES string of the molecule is CCC1(C)CCCN1S(=O)(=O)c1ccccc1. The quantitative estimate of drug-likeness (QED) is 0.830. The molecule has 17 heavy (non-hydrogen) atoms. The summed E-state index contributed by atoms with van der Waals surface area (Å²) in [5.74, 6) is 0. The molecule has 1 atom stereocenters. The Morgan fingerprint density at radius 1 is 1.29 bits per heavy atom. The van der Waals surface area contributed by atoms with Crippen molar-refractivity contribution in [1.29, 1.82) is 0 Å². The van der Waals surface area contributed by atoms with Crippen molar-refractivity contribution < 1.29 is 8.42 Å². The first-order valence-electron chi connectivity index (χ1n) is 6.08. The Bertz CT molecular complexity index is 483. The predicted octanol–water partition coefficient (Wildman–Crippen LogP) is 2.64. The van der Waals surface area contributed by atoms with Gasteiger partial charge < -0.3 is 0 Å². The van der Waals surface area contributed by atoms with Crippen LogP contribution >= 0.6 is 0 Å². The molecule has 0 saturated carbocycles. The van der Waals surface area contributed by atoms with E-state index in [2.05, 4.69) is 6.92 Å². The molecular formula is C13H19NO2S. The number of nitrogens with zero attached hydrogens (tertiary/aromatic N) is 1. The number of rotatable bonds is 3. The summed E-state index contributed by atoms with van der Waals surface area (Å²) in [5, 5.41) is 0. The highest BCUT2D eigenvalue weighted by molar-refractivity contribution is 7.89. The Balaban J connectivity index is 2.40. The minimum Gasteiger partial charge on any atom is -0.207 e. The highest BCUT2D eigenvalue weighted by Gasteiger charge is 2.42. The van der Waals surface area contributed by atoms with Crippen molar-refractivity contribution in [1.82, 2.24) is 4.31 Å². The van der Waals surface area contributed by atoms with Crippen LogP contribution in [0.4, 0.5) is 0 Å². The zero-order chi connectivity index (χ0) is 12.5. The average Bonchev–Trinajstić information content (AvgIpc) is 2.74. The molecule has 1 aromatic rings. The Morgan fingerprint density at radius 2 is 1.94 bits per heavy atom. The zero-order valence-electron chi connectivity index (χ0n) is 10.4. The van der Waals surface area contributed by atoms with Gasteiger partial charge in [0.25, 0.3) is 0 Å². The first-order valence-corrected chi connectivity index (χ1v) is 7.52. The summed E-state index contributed by atoms with van der Waals surface area (Å²) in [6.07, 6.45) is 2.77. The molecular weight excluding hydrogens is 234 g/mol. The largest absolute Gasteiger partial charge is 0.243 e. The molecule has 0 aliphatic carbocycles. The maximum absolute atomic E-state index is 12.5. The van der Waals surface area contributed by atoms with Gasteiger partial charge in [-0.3, -0.25) is 0 Å². The minimum atomic E-state index is -3.33. The van der Waals surface area contributed by atoms with Crippen molar-refractivity contribution in [2.24, 2.45) is 0 Å². The fraction of sp³-hybridized carbons (Fsp3) is 0.538. The molecule has 0 radical (unpaired) electrons. The first kappa shape index (κ1) is 12.6. The van der Waals surface area contributed by atoms with E-state index in [4.69, 9.17) is 0 Å². The van der Waals surface area contributed by atoms with Gasteiger partial charge in [-0.1, -0.05) is 25.1 Å². The molecule has 3 nitrogen and oxygen atoms in total. The third kappa shape index (κ3) is 2.11. The van der Waals surface area contributed by atoms with Crippen LogP contribution < -0.4 is 0 Å². The molecule has 0 aromatic heterocycles. The molecule has 1 saturated heterocycles. The molecule has 4 heteroatoms. The van der Waals surface area contributed by atoms with E-state index in [0.717, 1.165) is 19.3 Å². The lowest BCUT2D eigenvalue weighted by atomic mass is 9.97. The average molecular weight is 253 g/mol. The van der Waals surface area contributed by atoms with Gasteiger partial charge in [0.2, 0.25) is 10.0 Å². The standard InChI is InChI=1S/C13H19NO2S/c1-3-13(2)10-7-11-14(13)17(15,16)12-8-5-4-6-9-12/h4-6,8-9H,3,7,10-11H2,1-2H3. The van der Waals surface area contributed by atoms with Gasteiger partial charge in [0.15, 0.2) is 0 Å². The van der Waals surface area contributed by atoms with Gasteiger partial charge in [0, 0.05) is 12.1 Å². The second kappa shape index (κ2) is 4.42. The van der Waals surface area contributed by atoms with Crippen molar-refractivity contribution >= 4 is 10.0 Å². The van der Waals surface area contributed by atoms with E-state index in [0.29, 0.717) is 11.4 Å². The molecule has 1 aromatic carbocycles. The molecule has 1 heterocycles. The summed E-state index contributed by atoms with van der Waals surface area (Å²) < 4.78 is 26.7. The van der Waals surface area contributed by atoms with Gasteiger partial charge >= 0.3 is 0 Å². The lowest BCUT2D eigenvalue weighted by molar-refractivity contribution is 0.257. The van der Waals surface area contributed by atoms with E-state index in [9.17, 15) is 8.42 Å². The molecule has 1 aliphatic rings. The van der Waals surface area contributed by atoms with E-state index in [1.54, 1.807) is 28.6 Å². The number of hydrogen-bond donors (Lipinski definition) is 0. The highest BCUT2D eigenvalue weighted by Crippen LogP contribution is 2.36. The van der Waals surface area contributed by atoms with Crippen LogP contribution in [-0.2, 0) is 10.0 Å². The Morgan fingerprint density at radius 3 is 2.53 bits per heavy atom. The van der Waals surface area contributed by atoms with Gasteiger partial charge in [-0.2, -0.15) is 4.31 Å². The summed E-state index contributed by atoms with van der Waals surface area (Å²) in [6, 6.07) is 8.72. The van der Waals surface area contributed by atoms with Crippen LogP contribution in [0.15, 0.2) is 35.2 Å². The molecule has 0 amide bonds. The second-order valence-electron chi connectivity index (χ2n) is 4.84. The van der Waals surface area contributed by atoms with Gasteiger partial charge in [-0.15, -0.1) is 0 Å². The minimum absolute atomic E-state index is 0.214. The molecule has 1 unspecified atom stereocenters. The Hall–Kier alpha value is -0.870. The summed E-state index contributed by atoms with van der Waals surface area (Å²) in [4.78, 5) is 0.404. The van der Waals surface area contributed by atoms with E-state index >= 15 is 0 Å². The van der Waals surface area contributed by atoms with Crippen molar-refractivity contribution in [3.63, 3.8) is 0 Å². The van der Waals surface area contributed by atoms with Gasteiger partial charge in [-0.25, -0.2) is 8.42 Å². The first-order chi connectivity index (χ1) is 8.00. The fourth-order valence-electron chi connectivity index (χ4n) is 2.48. The third-order valence-corrected chi connectivity index (χ3v) is 5.84. The second-order valence-corrected chi connectivity index (χ2v) is 6.71. The molecule has 94 valence electrons. The number of sulfonamides is 1. The van der Waals surface area contributed by atoms with Crippen LogP contribution in [0, 0.1) is 0 Å². The normalized spacial score (nSPS) is 26.2. The third-order valence-electron chi connectivity index (χ3n) is 3.77. The maximum Gasteiger partial charge on any atom is 0.243 e. The Kier molecular flexibility index (Phi) is 3.27. The van der Waals surface area contributed by atoms with Crippen LogP contribution in [0.2, 0.25) is 0 Å². The van der Waals surface area contributed by atoms with Crippen LogP contribution in [-0.4, -0.2) is 24.8 Å². The van der Waals surface area contributed by atoms with Crippen molar-refractivity contribution in [2.45, 2.75) is 43.5 Å². The van der Waals surface area contributed by atoms with Gasteiger partial charge in [0.05, 0.1) is 4.90 Å². The van der Waals surface area contributed by atoms with E-state index < -0.39 is 10.0 Å². The molecule has 0 spiro atoms. The van der Waals surface area contributed by atoms with Crippen LogP contribution in [0.1, 0.15) is 33.1 Å². The molecule has 1 fully saturated rings.